The summed E-state index contributed by atoms with van der Waals surface area (Å²) in [6.07, 6.45) is 1.06. The molecule has 0 aromatic heterocycles. The SMILES string of the molecule is Cc1ccc(NC(=O)CCC(N)c2ccccc2)c(C)c1. The van der Waals surface area contributed by atoms with Crippen molar-refractivity contribution in [2.24, 2.45) is 5.73 Å². The van der Waals surface area contributed by atoms with E-state index in [4.69, 9.17) is 5.73 Å². The van der Waals surface area contributed by atoms with Crippen molar-refractivity contribution in [1.82, 2.24) is 0 Å². The zero-order valence-electron chi connectivity index (χ0n) is 12.6. The molecule has 3 heteroatoms. The van der Waals surface area contributed by atoms with E-state index in [9.17, 15) is 4.79 Å². The molecule has 0 spiro atoms. The lowest BCUT2D eigenvalue weighted by Crippen LogP contribution is -2.17. The van der Waals surface area contributed by atoms with Gasteiger partial charge in [-0.25, -0.2) is 0 Å². The van der Waals surface area contributed by atoms with Crippen LogP contribution in [0.25, 0.3) is 0 Å². The second-order valence-corrected chi connectivity index (χ2v) is 5.42. The smallest absolute Gasteiger partial charge is 0.224 e. The van der Waals surface area contributed by atoms with Gasteiger partial charge >= 0.3 is 0 Å². The van der Waals surface area contributed by atoms with E-state index in [1.165, 1.54) is 5.56 Å². The lowest BCUT2D eigenvalue weighted by atomic mass is 10.0. The fourth-order valence-electron chi connectivity index (χ4n) is 2.32. The number of nitrogens with two attached hydrogens (primary N) is 1. The van der Waals surface area contributed by atoms with Crippen LogP contribution in [-0.2, 0) is 4.79 Å². The van der Waals surface area contributed by atoms with Gasteiger partial charge in [-0.15, -0.1) is 0 Å². The largest absolute Gasteiger partial charge is 0.326 e. The first-order valence-corrected chi connectivity index (χ1v) is 7.24. The Morgan fingerprint density at radius 2 is 1.86 bits per heavy atom. The Hall–Kier alpha value is -2.13. The molecule has 0 saturated carbocycles. The highest BCUT2D eigenvalue weighted by Crippen LogP contribution is 2.18. The highest BCUT2D eigenvalue weighted by Gasteiger charge is 2.10. The maximum atomic E-state index is 12.0. The highest BCUT2D eigenvalue weighted by molar-refractivity contribution is 5.91. The molecule has 0 aliphatic carbocycles. The summed E-state index contributed by atoms with van der Waals surface area (Å²) in [6.45, 7) is 4.04. The van der Waals surface area contributed by atoms with Crippen molar-refractivity contribution in [2.45, 2.75) is 32.7 Å². The van der Waals surface area contributed by atoms with Gasteiger partial charge in [-0.2, -0.15) is 0 Å². The lowest BCUT2D eigenvalue weighted by Gasteiger charge is -2.13. The first kappa shape index (κ1) is 15.3. The van der Waals surface area contributed by atoms with Gasteiger partial charge in [-0.1, -0.05) is 48.0 Å². The third-order valence-electron chi connectivity index (χ3n) is 3.57. The number of hydrogen-bond acceptors (Lipinski definition) is 2. The molecular weight excluding hydrogens is 260 g/mol. The minimum atomic E-state index is -0.101. The number of benzene rings is 2. The number of hydrogen-bond donors (Lipinski definition) is 2. The van der Waals surface area contributed by atoms with Gasteiger partial charge in [0.15, 0.2) is 0 Å². The Morgan fingerprint density at radius 3 is 2.52 bits per heavy atom. The topological polar surface area (TPSA) is 55.1 Å². The summed E-state index contributed by atoms with van der Waals surface area (Å²) in [6, 6.07) is 15.8. The maximum absolute atomic E-state index is 12.0. The number of carbonyl (C=O) groups excluding carboxylic acids is 1. The van der Waals surface area contributed by atoms with Crippen molar-refractivity contribution >= 4 is 11.6 Å². The highest BCUT2D eigenvalue weighted by atomic mass is 16.1. The average Bonchev–Trinajstić information content (AvgIpc) is 2.48. The standard InChI is InChI=1S/C18H22N2O/c1-13-8-10-17(14(2)12-13)20-18(21)11-9-16(19)15-6-4-3-5-7-15/h3-8,10,12,16H,9,11,19H2,1-2H3,(H,20,21). The number of anilines is 1. The lowest BCUT2D eigenvalue weighted by molar-refractivity contribution is -0.116. The summed E-state index contributed by atoms with van der Waals surface area (Å²) < 4.78 is 0. The van der Waals surface area contributed by atoms with Gasteiger partial charge in [0, 0.05) is 18.2 Å². The van der Waals surface area contributed by atoms with Crippen LogP contribution in [0.3, 0.4) is 0 Å². The monoisotopic (exact) mass is 282 g/mol. The summed E-state index contributed by atoms with van der Waals surface area (Å²) in [4.78, 5) is 12.0. The van der Waals surface area contributed by atoms with Crippen molar-refractivity contribution in [3.05, 3.63) is 65.2 Å². The van der Waals surface area contributed by atoms with Crippen LogP contribution in [0.4, 0.5) is 5.69 Å². The summed E-state index contributed by atoms with van der Waals surface area (Å²) in [5.41, 5.74) is 10.3. The first-order chi connectivity index (χ1) is 10.1. The summed E-state index contributed by atoms with van der Waals surface area (Å²) >= 11 is 0. The summed E-state index contributed by atoms with van der Waals surface area (Å²) in [7, 11) is 0. The molecule has 1 unspecified atom stereocenters. The van der Waals surface area contributed by atoms with Crippen molar-refractivity contribution in [3.63, 3.8) is 0 Å². The van der Waals surface area contributed by atoms with E-state index >= 15 is 0 Å². The van der Waals surface area contributed by atoms with Crippen LogP contribution in [-0.4, -0.2) is 5.91 Å². The van der Waals surface area contributed by atoms with Crippen molar-refractivity contribution in [3.8, 4) is 0 Å². The Bertz CT molecular complexity index is 608. The number of amides is 1. The van der Waals surface area contributed by atoms with Crippen LogP contribution in [0.1, 0.15) is 35.6 Å². The molecule has 110 valence electrons. The van der Waals surface area contributed by atoms with Gasteiger partial charge in [0.05, 0.1) is 0 Å². The molecule has 1 amide bonds. The van der Waals surface area contributed by atoms with E-state index in [1.807, 2.05) is 56.3 Å². The minimum absolute atomic E-state index is 0.00772. The van der Waals surface area contributed by atoms with Gasteiger partial charge in [0.2, 0.25) is 5.91 Å². The Labute approximate surface area is 126 Å². The maximum Gasteiger partial charge on any atom is 0.224 e. The molecule has 0 radical (unpaired) electrons. The first-order valence-electron chi connectivity index (χ1n) is 7.24. The fraction of sp³-hybridized carbons (Fsp3) is 0.278. The molecule has 3 N–H and O–H groups in total. The Balaban J connectivity index is 1.87. The number of aryl methyl sites for hydroxylation is 2. The van der Waals surface area contributed by atoms with E-state index in [1.54, 1.807) is 0 Å². The molecule has 2 rings (SSSR count). The van der Waals surface area contributed by atoms with E-state index < -0.39 is 0 Å². The van der Waals surface area contributed by atoms with Gasteiger partial charge in [0.25, 0.3) is 0 Å². The molecule has 21 heavy (non-hydrogen) atoms. The molecule has 0 fully saturated rings. The fourth-order valence-corrected chi connectivity index (χ4v) is 2.32. The van der Waals surface area contributed by atoms with Gasteiger partial charge in [-0.3, -0.25) is 4.79 Å². The molecule has 0 heterocycles. The molecule has 1 atom stereocenters. The van der Waals surface area contributed by atoms with Crippen molar-refractivity contribution < 1.29 is 4.79 Å². The van der Waals surface area contributed by atoms with E-state index in [0.29, 0.717) is 12.8 Å². The van der Waals surface area contributed by atoms with Gasteiger partial charge < -0.3 is 11.1 Å². The van der Waals surface area contributed by atoms with Crippen LogP contribution in [0.15, 0.2) is 48.5 Å². The minimum Gasteiger partial charge on any atom is -0.326 e. The normalized spacial score (nSPS) is 12.0. The second-order valence-electron chi connectivity index (χ2n) is 5.42. The second kappa shape index (κ2) is 7.04. The third kappa shape index (κ3) is 4.43. The zero-order chi connectivity index (χ0) is 15.2. The van der Waals surface area contributed by atoms with E-state index in [0.717, 1.165) is 16.8 Å². The Morgan fingerprint density at radius 1 is 1.14 bits per heavy atom. The molecule has 0 aliphatic heterocycles. The predicted molar refractivity (Wildman–Crippen MR) is 87.2 cm³/mol. The van der Waals surface area contributed by atoms with Crippen molar-refractivity contribution in [2.75, 3.05) is 5.32 Å². The van der Waals surface area contributed by atoms with Crippen LogP contribution in [0.5, 0.6) is 0 Å². The Kier molecular flexibility index (Phi) is 5.12. The van der Waals surface area contributed by atoms with Gasteiger partial charge in [-0.05, 0) is 37.5 Å². The van der Waals surface area contributed by atoms with Crippen molar-refractivity contribution in [1.29, 1.82) is 0 Å². The molecular formula is C18H22N2O. The summed E-state index contributed by atoms with van der Waals surface area (Å²) in [5.74, 6) is 0.00772. The van der Waals surface area contributed by atoms with E-state index in [2.05, 4.69) is 11.4 Å². The molecule has 2 aromatic rings. The summed E-state index contributed by atoms with van der Waals surface area (Å²) in [5, 5.41) is 2.95. The van der Waals surface area contributed by atoms with Gasteiger partial charge in [0.1, 0.15) is 0 Å². The van der Waals surface area contributed by atoms with Crippen LogP contribution >= 0.6 is 0 Å². The average molecular weight is 282 g/mol. The van der Waals surface area contributed by atoms with Crippen LogP contribution < -0.4 is 11.1 Å². The number of carbonyl (C=O) groups is 1. The predicted octanol–water partition coefficient (Wildman–Crippen LogP) is 3.72. The third-order valence-corrected chi connectivity index (χ3v) is 3.57. The van der Waals surface area contributed by atoms with Crippen LogP contribution in [0.2, 0.25) is 0 Å². The molecule has 0 aliphatic rings. The zero-order valence-corrected chi connectivity index (χ0v) is 12.6. The molecule has 2 aromatic carbocycles. The van der Waals surface area contributed by atoms with Crippen LogP contribution in [0, 0.1) is 13.8 Å². The van der Waals surface area contributed by atoms with E-state index in [-0.39, 0.29) is 11.9 Å². The molecule has 3 nitrogen and oxygen atoms in total. The number of rotatable bonds is 5. The molecule has 0 saturated heterocycles. The quantitative estimate of drug-likeness (QED) is 0.878. The molecule has 0 bridgehead atoms. The number of nitrogens with one attached hydrogen (secondary N) is 1.